The van der Waals surface area contributed by atoms with Crippen LogP contribution in [0.2, 0.25) is 0 Å². The first kappa shape index (κ1) is 20.8. The van der Waals surface area contributed by atoms with Gasteiger partial charge in [-0.05, 0) is 76.7 Å². The van der Waals surface area contributed by atoms with Crippen LogP contribution in [0, 0.1) is 15.1 Å². The van der Waals surface area contributed by atoms with Crippen LogP contribution in [0.15, 0.2) is 74.5 Å². The van der Waals surface area contributed by atoms with E-state index in [0.717, 1.165) is 26.4 Å². The number of halogens is 1. The first-order valence-corrected chi connectivity index (χ1v) is 10.4. The summed E-state index contributed by atoms with van der Waals surface area (Å²) in [6, 6.07) is 20.8. The van der Waals surface area contributed by atoms with Crippen molar-refractivity contribution in [3.63, 3.8) is 0 Å². The topological polar surface area (TPSA) is 80.9 Å². The maximum absolute atomic E-state index is 9.95. The molecule has 0 fully saturated rings. The van der Waals surface area contributed by atoms with Crippen molar-refractivity contribution in [3.8, 4) is 40.0 Å². The molecule has 0 amide bonds. The third-order valence-corrected chi connectivity index (χ3v) is 5.22. The number of hydrogen-bond acceptors (Lipinski definition) is 6. The quantitative estimate of drug-likeness (QED) is 0.214. The molecule has 0 aliphatic rings. The molecule has 2 heterocycles. The van der Waals surface area contributed by atoms with Gasteiger partial charge in [-0.15, -0.1) is 0 Å². The van der Waals surface area contributed by atoms with E-state index in [2.05, 4.69) is 33.7 Å². The molecule has 2 aromatic carbocycles. The summed E-state index contributed by atoms with van der Waals surface area (Å²) in [5, 5.41) is 9.95. The minimum absolute atomic E-state index is 0.213. The molecule has 0 saturated heterocycles. The minimum atomic E-state index is 0.213. The molecule has 0 spiro atoms. The molecule has 0 aliphatic carbocycles. The van der Waals surface area contributed by atoms with Crippen LogP contribution >= 0.6 is 22.6 Å². The summed E-state index contributed by atoms with van der Waals surface area (Å²) in [7, 11) is 3.22. The number of nitrogens with zero attached hydrogens (tertiary/aromatic N) is 2. The zero-order valence-electron chi connectivity index (χ0n) is 16.8. The van der Waals surface area contributed by atoms with E-state index >= 15 is 0 Å². The summed E-state index contributed by atoms with van der Waals surface area (Å²) in [6.07, 6.45) is 1.54. The van der Waals surface area contributed by atoms with E-state index in [1.165, 1.54) is 6.21 Å². The van der Waals surface area contributed by atoms with Gasteiger partial charge in [-0.2, -0.15) is 5.26 Å². The molecule has 0 bridgehead atoms. The number of methoxy groups -OCH3 is 2. The summed E-state index contributed by atoms with van der Waals surface area (Å²) in [5.41, 5.74) is 2.63. The summed E-state index contributed by atoms with van der Waals surface area (Å²) < 4.78 is 22.9. The Morgan fingerprint density at radius 1 is 0.871 bits per heavy atom. The first-order valence-electron chi connectivity index (χ1n) is 9.28. The average molecular weight is 524 g/mol. The second-order valence-electron chi connectivity index (χ2n) is 6.46. The van der Waals surface area contributed by atoms with Crippen LogP contribution < -0.4 is 9.47 Å². The highest BCUT2D eigenvalue weighted by molar-refractivity contribution is 14.1. The molecule has 0 radical (unpaired) electrons. The normalized spacial score (nSPS) is 10.9. The van der Waals surface area contributed by atoms with Crippen LogP contribution in [0.3, 0.4) is 0 Å². The second-order valence-corrected chi connectivity index (χ2v) is 7.52. The number of aliphatic imine (C=N–C) groups is 1. The van der Waals surface area contributed by atoms with Crippen LogP contribution in [-0.2, 0) is 0 Å². The third-order valence-electron chi connectivity index (χ3n) is 4.64. The van der Waals surface area contributed by atoms with Gasteiger partial charge in [0.1, 0.15) is 34.7 Å². The van der Waals surface area contributed by atoms with Crippen LogP contribution in [0.1, 0.15) is 11.3 Å². The number of ether oxygens (including phenoxy) is 2. The van der Waals surface area contributed by atoms with Crippen LogP contribution in [0.5, 0.6) is 11.5 Å². The second kappa shape index (κ2) is 9.10. The maximum atomic E-state index is 9.95. The molecule has 6 nitrogen and oxygen atoms in total. The summed E-state index contributed by atoms with van der Waals surface area (Å²) >= 11 is 2.08. The van der Waals surface area contributed by atoms with E-state index in [0.29, 0.717) is 22.6 Å². The van der Waals surface area contributed by atoms with Crippen LogP contribution in [0.25, 0.3) is 22.5 Å². The van der Waals surface area contributed by atoms with Gasteiger partial charge in [0.05, 0.1) is 20.4 Å². The van der Waals surface area contributed by atoms with Crippen molar-refractivity contribution < 1.29 is 18.3 Å². The van der Waals surface area contributed by atoms with Crippen molar-refractivity contribution in [3.05, 3.63) is 75.8 Å². The highest BCUT2D eigenvalue weighted by atomic mass is 127. The van der Waals surface area contributed by atoms with Crippen molar-refractivity contribution in [2.24, 2.45) is 4.99 Å². The Labute approximate surface area is 192 Å². The zero-order valence-corrected chi connectivity index (χ0v) is 18.9. The van der Waals surface area contributed by atoms with Crippen molar-refractivity contribution in [1.29, 1.82) is 5.26 Å². The van der Waals surface area contributed by atoms with Gasteiger partial charge in [-0.1, -0.05) is 12.1 Å². The minimum Gasteiger partial charge on any atom is -0.497 e. The Morgan fingerprint density at radius 2 is 1.48 bits per heavy atom. The smallest absolute Gasteiger partial charge is 0.238 e. The molecule has 0 aliphatic heterocycles. The molecule has 0 saturated carbocycles. The van der Waals surface area contributed by atoms with Gasteiger partial charge in [-0.25, -0.2) is 4.99 Å². The summed E-state index contributed by atoms with van der Waals surface area (Å²) in [5.74, 6) is 2.78. The van der Waals surface area contributed by atoms with Crippen molar-refractivity contribution >= 4 is 34.7 Å². The maximum Gasteiger partial charge on any atom is 0.238 e. The van der Waals surface area contributed by atoms with Gasteiger partial charge in [0.15, 0.2) is 3.77 Å². The van der Waals surface area contributed by atoms with Gasteiger partial charge in [0.25, 0.3) is 0 Å². The molecule has 0 N–H and O–H groups in total. The van der Waals surface area contributed by atoms with Crippen molar-refractivity contribution in [2.75, 3.05) is 14.2 Å². The average Bonchev–Trinajstić information content (AvgIpc) is 3.40. The SMILES string of the molecule is COc1ccc(-c2oc(N=Cc3ccc(I)o3)c(C#N)c2-c2ccc(OC)cc2)cc1. The number of benzene rings is 2. The Balaban J connectivity index is 1.87. The van der Waals surface area contributed by atoms with Crippen LogP contribution in [-0.4, -0.2) is 20.4 Å². The molecule has 7 heteroatoms. The molecule has 2 aromatic heterocycles. The third kappa shape index (κ3) is 4.34. The monoisotopic (exact) mass is 524 g/mol. The molecular weight excluding hydrogens is 507 g/mol. The van der Waals surface area contributed by atoms with Gasteiger partial charge < -0.3 is 18.3 Å². The van der Waals surface area contributed by atoms with E-state index in [9.17, 15) is 5.26 Å². The van der Waals surface area contributed by atoms with E-state index in [1.54, 1.807) is 20.3 Å². The fourth-order valence-electron chi connectivity index (χ4n) is 3.11. The Morgan fingerprint density at radius 3 is 2.00 bits per heavy atom. The van der Waals surface area contributed by atoms with E-state index in [1.807, 2.05) is 54.6 Å². The van der Waals surface area contributed by atoms with Gasteiger partial charge in [-0.3, -0.25) is 0 Å². The number of furan rings is 2. The van der Waals surface area contributed by atoms with Crippen molar-refractivity contribution in [2.45, 2.75) is 0 Å². The van der Waals surface area contributed by atoms with E-state index < -0.39 is 0 Å². The summed E-state index contributed by atoms with van der Waals surface area (Å²) in [6.45, 7) is 0. The van der Waals surface area contributed by atoms with Gasteiger partial charge in [0, 0.05) is 11.1 Å². The van der Waals surface area contributed by atoms with E-state index in [4.69, 9.17) is 18.3 Å². The van der Waals surface area contributed by atoms with Gasteiger partial charge >= 0.3 is 0 Å². The highest BCUT2D eigenvalue weighted by Crippen LogP contribution is 2.43. The number of nitriles is 1. The highest BCUT2D eigenvalue weighted by Gasteiger charge is 2.23. The molecule has 0 atom stereocenters. The van der Waals surface area contributed by atoms with Gasteiger partial charge in [0.2, 0.25) is 5.88 Å². The first-order chi connectivity index (χ1) is 15.1. The summed E-state index contributed by atoms with van der Waals surface area (Å²) in [4.78, 5) is 4.40. The zero-order chi connectivity index (χ0) is 21.8. The Hall–Kier alpha value is -3.51. The lowest BCUT2D eigenvalue weighted by Gasteiger charge is -2.06. The van der Waals surface area contributed by atoms with E-state index in [-0.39, 0.29) is 5.88 Å². The molecule has 31 heavy (non-hydrogen) atoms. The molecule has 4 rings (SSSR count). The fourth-order valence-corrected chi connectivity index (χ4v) is 3.55. The van der Waals surface area contributed by atoms with Crippen molar-refractivity contribution in [1.82, 2.24) is 0 Å². The Kier molecular flexibility index (Phi) is 6.09. The molecular formula is C24H17IN2O4. The molecule has 0 unspecified atom stereocenters. The predicted molar refractivity (Wildman–Crippen MR) is 126 cm³/mol. The largest absolute Gasteiger partial charge is 0.497 e. The Bertz CT molecular complexity index is 1260. The van der Waals surface area contributed by atoms with Crippen LogP contribution in [0.4, 0.5) is 5.88 Å². The molecule has 4 aromatic rings. The predicted octanol–water partition coefficient (Wildman–Crippen LogP) is 6.45. The lowest BCUT2D eigenvalue weighted by molar-refractivity contribution is 0.414. The standard InChI is InChI=1S/C24H17IN2O4/c1-28-17-7-3-15(4-8-17)22-20(13-26)24(27-14-19-11-12-21(25)30-19)31-23(22)16-5-9-18(29-2)10-6-16/h3-12,14H,1-2H3. The molecule has 154 valence electrons. The lowest BCUT2D eigenvalue weighted by atomic mass is 9.98. The number of hydrogen-bond donors (Lipinski definition) is 0. The lowest BCUT2D eigenvalue weighted by Crippen LogP contribution is -1.86. The number of rotatable bonds is 6. The fraction of sp³-hybridized carbons (Fsp3) is 0.0833.